The molecule has 0 bridgehead atoms. The number of aromatic nitrogens is 3. The van der Waals surface area contributed by atoms with E-state index in [1.807, 2.05) is 36.8 Å². The van der Waals surface area contributed by atoms with Gasteiger partial charge in [-0.3, -0.25) is 15.0 Å². The third kappa shape index (κ3) is 8.10. The first-order valence-corrected chi connectivity index (χ1v) is 10.4. The zero-order valence-corrected chi connectivity index (χ0v) is 17.3. The van der Waals surface area contributed by atoms with Crippen molar-refractivity contribution in [1.29, 1.82) is 0 Å². The van der Waals surface area contributed by atoms with Crippen LogP contribution in [0.1, 0.15) is 17.1 Å². The lowest BCUT2D eigenvalue weighted by Crippen LogP contribution is -2.36. The zero-order valence-electron chi connectivity index (χ0n) is 17.3. The molecule has 0 radical (unpaired) electrons. The Morgan fingerprint density at radius 1 is 0.552 bits per heavy atom. The lowest BCUT2D eigenvalue weighted by molar-refractivity contribution is 0.228. The maximum atomic E-state index is 4.47. The number of likely N-dealkylation sites (N-methyl/N-ethyl adjacent to an activating group) is 1. The molecule has 0 saturated carbocycles. The van der Waals surface area contributed by atoms with Gasteiger partial charge in [-0.05, 0) is 43.4 Å². The smallest absolute Gasteiger partial charge is 0.0416 e. The van der Waals surface area contributed by atoms with Gasteiger partial charge in [0, 0.05) is 87.7 Å². The highest BCUT2D eigenvalue weighted by Crippen LogP contribution is 2.03. The minimum atomic E-state index is 0.973. The van der Waals surface area contributed by atoms with Crippen molar-refractivity contribution in [2.24, 2.45) is 0 Å². The second-order valence-electron chi connectivity index (χ2n) is 7.36. The summed E-state index contributed by atoms with van der Waals surface area (Å²) in [6.07, 6.45) is 8.55. The molecule has 0 aliphatic carbocycles. The third-order valence-electron chi connectivity index (χ3n) is 5.09. The fourth-order valence-electron chi connectivity index (χ4n) is 3.25. The van der Waals surface area contributed by atoms with Crippen LogP contribution in [0.5, 0.6) is 0 Å². The molecule has 0 saturated heterocycles. The number of hydrogen-bond acceptors (Lipinski definition) is 5. The highest BCUT2D eigenvalue weighted by Gasteiger charge is 2.09. The predicted molar refractivity (Wildman–Crippen MR) is 118 cm³/mol. The molecule has 0 fully saturated rings. The molecule has 0 unspecified atom stereocenters. The molecule has 0 aliphatic rings. The summed E-state index contributed by atoms with van der Waals surface area (Å²) in [5.74, 6) is 0. The lowest BCUT2D eigenvalue weighted by Gasteiger charge is -2.25. The molecule has 0 spiro atoms. The Balaban J connectivity index is 1.47. The fourth-order valence-corrected chi connectivity index (χ4v) is 3.25. The van der Waals surface area contributed by atoms with Crippen molar-refractivity contribution in [1.82, 2.24) is 24.8 Å². The van der Waals surface area contributed by atoms with Gasteiger partial charge in [-0.15, -0.1) is 0 Å². The minimum Gasteiger partial charge on any atom is -0.305 e. The Labute approximate surface area is 174 Å². The van der Waals surface area contributed by atoms with Crippen LogP contribution in [0.4, 0.5) is 0 Å². The maximum Gasteiger partial charge on any atom is 0.0416 e. The average Bonchev–Trinajstić information content (AvgIpc) is 2.79. The van der Waals surface area contributed by atoms with Crippen LogP contribution in [0.3, 0.4) is 0 Å². The molecule has 5 heteroatoms. The van der Waals surface area contributed by atoms with Gasteiger partial charge in [-0.1, -0.05) is 18.2 Å². The quantitative estimate of drug-likeness (QED) is 0.476. The molecule has 0 aliphatic heterocycles. The first-order chi connectivity index (χ1) is 14.3. The van der Waals surface area contributed by atoms with Crippen LogP contribution >= 0.6 is 0 Å². The largest absolute Gasteiger partial charge is 0.305 e. The van der Waals surface area contributed by atoms with Crippen LogP contribution in [0.15, 0.2) is 73.2 Å². The molecule has 29 heavy (non-hydrogen) atoms. The zero-order chi connectivity index (χ0) is 20.2. The highest BCUT2D eigenvalue weighted by atomic mass is 15.2. The van der Waals surface area contributed by atoms with E-state index in [2.05, 4.69) is 68.2 Å². The summed E-state index contributed by atoms with van der Waals surface area (Å²) >= 11 is 0. The number of pyridine rings is 3. The number of rotatable bonds is 12. The van der Waals surface area contributed by atoms with E-state index in [-0.39, 0.29) is 0 Å². The van der Waals surface area contributed by atoms with E-state index in [9.17, 15) is 0 Å². The maximum absolute atomic E-state index is 4.47. The number of nitrogens with zero attached hydrogens (tertiary/aromatic N) is 5. The van der Waals surface area contributed by atoms with Gasteiger partial charge >= 0.3 is 0 Å². The normalized spacial score (nSPS) is 11.3. The van der Waals surface area contributed by atoms with E-state index in [0.29, 0.717) is 0 Å². The van der Waals surface area contributed by atoms with Crippen LogP contribution in [-0.2, 0) is 19.3 Å². The summed E-state index contributed by atoms with van der Waals surface area (Å²) in [4.78, 5) is 18.3. The molecule has 5 nitrogen and oxygen atoms in total. The summed E-state index contributed by atoms with van der Waals surface area (Å²) in [6.45, 7) is 5.12. The number of hydrogen-bond donors (Lipinski definition) is 0. The molecule has 0 amide bonds. The van der Waals surface area contributed by atoms with Crippen LogP contribution in [0, 0.1) is 0 Å². The molecule has 0 N–H and O–H groups in total. The van der Waals surface area contributed by atoms with Crippen molar-refractivity contribution < 1.29 is 0 Å². The van der Waals surface area contributed by atoms with E-state index in [1.54, 1.807) is 0 Å². The van der Waals surface area contributed by atoms with Crippen LogP contribution in [0.2, 0.25) is 0 Å². The predicted octanol–water partition coefficient (Wildman–Crippen LogP) is 3.13. The Bertz CT molecular complexity index is 752. The van der Waals surface area contributed by atoms with Gasteiger partial charge in [0.2, 0.25) is 0 Å². The van der Waals surface area contributed by atoms with E-state index in [4.69, 9.17) is 0 Å². The molecular weight excluding hydrogens is 358 g/mol. The van der Waals surface area contributed by atoms with E-state index < -0.39 is 0 Å². The van der Waals surface area contributed by atoms with Gasteiger partial charge in [0.05, 0.1) is 0 Å². The summed E-state index contributed by atoms with van der Waals surface area (Å²) in [6, 6.07) is 18.4. The molecule has 0 atom stereocenters. The molecule has 3 heterocycles. The van der Waals surface area contributed by atoms with Gasteiger partial charge in [-0.25, -0.2) is 0 Å². The van der Waals surface area contributed by atoms with Crippen LogP contribution in [-0.4, -0.2) is 64.5 Å². The fraction of sp³-hybridized carbons (Fsp3) is 0.375. The summed E-state index contributed by atoms with van der Waals surface area (Å²) in [5.41, 5.74) is 3.46. The molecule has 152 valence electrons. The van der Waals surface area contributed by atoms with Gasteiger partial charge in [-0.2, -0.15) is 0 Å². The monoisotopic (exact) mass is 389 g/mol. The second kappa shape index (κ2) is 12.0. The van der Waals surface area contributed by atoms with Crippen molar-refractivity contribution in [3.63, 3.8) is 0 Å². The summed E-state index contributed by atoms with van der Waals surface area (Å²) < 4.78 is 0. The molecular formula is C24H31N5. The van der Waals surface area contributed by atoms with Crippen molar-refractivity contribution in [2.45, 2.75) is 19.3 Å². The van der Waals surface area contributed by atoms with Gasteiger partial charge in [0.15, 0.2) is 0 Å². The third-order valence-corrected chi connectivity index (χ3v) is 5.09. The molecule has 3 rings (SSSR count). The SMILES string of the molecule is CN(CCc1ccccn1)CCN(CCc1ccccn1)CCc1ccccn1. The molecule has 3 aromatic rings. The summed E-state index contributed by atoms with van der Waals surface area (Å²) in [7, 11) is 2.19. The molecule has 0 aromatic carbocycles. The Morgan fingerprint density at radius 2 is 1.00 bits per heavy atom. The Kier molecular flexibility index (Phi) is 8.76. The van der Waals surface area contributed by atoms with Crippen LogP contribution < -0.4 is 0 Å². The topological polar surface area (TPSA) is 45.2 Å². The van der Waals surface area contributed by atoms with Crippen molar-refractivity contribution in [3.05, 3.63) is 90.3 Å². The lowest BCUT2D eigenvalue weighted by atomic mass is 10.2. The van der Waals surface area contributed by atoms with Gasteiger partial charge in [0.25, 0.3) is 0 Å². The second-order valence-corrected chi connectivity index (χ2v) is 7.36. The Morgan fingerprint density at radius 3 is 1.41 bits per heavy atom. The minimum absolute atomic E-state index is 0.973. The van der Waals surface area contributed by atoms with Crippen molar-refractivity contribution >= 4 is 0 Å². The van der Waals surface area contributed by atoms with E-state index in [1.165, 1.54) is 0 Å². The summed E-state index contributed by atoms with van der Waals surface area (Å²) in [5, 5.41) is 0. The first-order valence-electron chi connectivity index (χ1n) is 10.4. The molecule has 3 aromatic heterocycles. The average molecular weight is 390 g/mol. The van der Waals surface area contributed by atoms with Crippen LogP contribution in [0.25, 0.3) is 0 Å². The van der Waals surface area contributed by atoms with Crippen molar-refractivity contribution in [3.8, 4) is 0 Å². The highest BCUT2D eigenvalue weighted by molar-refractivity contribution is 5.06. The Hall–Kier alpha value is -2.63. The van der Waals surface area contributed by atoms with E-state index >= 15 is 0 Å². The van der Waals surface area contributed by atoms with Gasteiger partial charge < -0.3 is 9.80 Å². The van der Waals surface area contributed by atoms with Gasteiger partial charge in [0.1, 0.15) is 0 Å². The first kappa shape index (κ1) is 21.1. The standard InChI is InChI=1S/C24H31N5/c1-28(17-11-22-8-2-5-14-25-22)20-21-29(18-12-23-9-3-6-15-26-23)19-13-24-10-4-7-16-27-24/h2-10,14-16H,11-13,17-21H2,1H3. The van der Waals surface area contributed by atoms with Crippen molar-refractivity contribution in [2.75, 3.05) is 39.8 Å². The van der Waals surface area contributed by atoms with E-state index in [0.717, 1.165) is 69.1 Å².